The van der Waals surface area contributed by atoms with Gasteiger partial charge in [0.05, 0.1) is 16.8 Å². The Morgan fingerprint density at radius 1 is 1.26 bits per heavy atom. The molecule has 1 aromatic heterocycles. The minimum Gasteiger partial charge on any atom is -0.344 e. The third-order valence-corrected chi connectivity index (χ3v) is 6.16. The smallest absolute Gasteiger partial charge is 0.236 e. The average Bonchev–Trinajstić information content (AvgIpc) is 3.15. The topological polar surface area (TPSA) is 59.8 Å². The van der Waals surface area contributed by atoms with Gasteiger partial charge in [0.1, 0.15) is 6.33 Å². The van der Waals surface area contributed by atoms with Crippen LogP contribution in [0.3, 0.4) is 0 Å². The standard InChI is InChI=1S/C17H20N4OS/c1-17(2)16(22)20-14(9-23-17)15-18-10-19-21(15)13-7-11-5-3-4-6-12(11)8-13/h3-6,10,13-14H,7-9H2,1-2H3,(H,20,22). The number of carbonyl (C=O) groups is 1. The quantitative estimate of drug-likeness (QED) is 0.919. The zero-order valence-electron chi connectivity index (χ0n) is 13.3. The van der Waals surface area contributed by atoms with Crippen LogP contribution in [0, 0.1) is 0 Å². The molecule has 4 rings (SSSR count). The summed E-state index contributed by atoms with van der Waals surface area (Å²) in [6, 6.07) is 8.78. The number of thioether (sulfide) groups is 1. The summed E-state index contributed by atoms with van der Waals surface area (Å²) >= 11 is 1.68. The van der Waals surface area contributed by atoms with Crippen LogP contribution in [-0.4, -0.2) is 31.2 Å². The van der Waals surface area contributed by atoms with Crippen LogP contribution in [0.5, 0.6) is 0 Å². The Labute approximate surface area is 139 Å². The van der Waals surface area contributed by atoms with Gasteiger partial charge in [0.15, 0.2) is 5.82 Å². The van der Waals surface area contributed by atoms with Crippen LogP contribution in [0.15, 0.2) is 30.6 Å². The highest BCUT2D eigenvalue weighted by Crippen LogP contribution is 2.36. The number of amides is 1. The molecule has 2 aliphatic rings. The van der Waals surface area contributed by atoms with Crippen molar-refractivity contribution in [1.29, 1.82) is 0 Å². The third kappa shape index (κ3) is 2.55. The number of nitrogens with zero attached hydrogens (tertiary/aromatic N) is 3. The van der Waals surface area contributed by atoms with E-state index in [9.17, 15) is 4.79 Å². The van der Waals surface area contributed by atoms with E-state index in [1.165, 1.54) is 11.1 Å². The molecular formula is C17H20N4OS. The number of benzene rings is 1. The van der Waals surface area contributed by atoms with Crippen molar-refractivity contribution >= 4 is 17.7 Å². The van der Waals surface area contributed by atoms with Gasteiger partial charge in [-0.05, 0) is 37.8 Å². The van der Waals surface area contributed by atoms with Crippen molar-refractivity contribution in [2.24, 2.45) is 0 Å². The van der Waals surface area contributed by atoms with Gasteiger partial charge in [0.2, 0.25) is 5.91 Å². The predicted octanol–water partition coefficient (Wildman–Crippen LogP) is 2.30. The molecule has 0 spiro atoms. The van der Waals surface area contributed by atoms with E-state index in [-0.39, 0.29) is 16.7 Å². The van der Waals surface area contributed by atoms with Crippen LogP contribution in [-0.2, 0) is 17.6 Å². The number of hydrogen-bond acceptors (Lipinski definition) is 4. The molecule has 1 aliphatic heterocycles. The van der Waals surface area contributed by atoms with Crippen molar-refractivity contribution in [2.45, 2.75) is 43.5 Å². The van der Waals surface area contributed by atoms with E-state index >= 15 is 0 Å². The summed E-state index contributed by atoms with van der Waals surface area (Å²) in [6.45, 7) is 3.92. The van der Waals surface area contributed by atoms with Crippen molar-refractivity contribution in [3.05, 3.63) is 47.5 Å². The number of nitrogens with one attached hydrogen (secondary N) is 1. The van der Waals surface area contributed by atoms with Gasteiger partial charge in [-0.1, -0.05) is 24.3 Å². The van der Waals surface area contributed by atoms with Crippen molar-refractivity contribution in [3.8, 4) is 0 Å². The monoisotopic (exact) mass is 328 g/mol. The van der Waals surface area contributed by atoms with E-state index in [1.54, 1.807) is 18.1 Å². The van der Waals surface area contributed by atoms with E-state index in [0.717, 1.165) is 24.4 Å². The largest absolute Gasteiger partial charge is 0.344 e. The van der Waals surface area contributed by atoms with Crippen molar-refractivity contribution in [1.82, 2.24) is 20.1 Å². The Morgan fingerprint density at radius 2 is 1.96 bits per heavy atom. The second-order valence-corrected chi connectivity index (χ2v) is 8.38. The summed E-state index contributed by atoms with van der Waals surface area (Å²) in [5, 5.41) is 7.57. The highest BCUT2D eigenvalue weighted by molar-refractivity contribution is 8.01. The molecule has 1 fully saturated rings. The predicted molar refractivity (Wildman–Crippen MR) is 90.3 cm³/mol. The normalized spacial score (nSPS) is 23.6. The van der Waals surface area contributed by atoms with Gasteiger partial charge in [0, 0.05) is 5.75 Å². The molecule has 1 atom stereocenters. The molecule has 5 nitrogen and oxygen atoms in total. The lowest BCUT2D eigenvalue weighted by molar-refractivity contribution is -0.123. The van der Waals surface area contributed by atoms with Gasteiger partial charge < -0.3 is 5.32 Å². The highest BCUT2D eigenvalue weighted by atomic mass is 32.2. The zero-order chi connectivity index (χ0) is 16.0. The average molecular weight is 328 g/mol. The second kappa shape index (κ2) is 5.37. The molecule has 1 saturated heterocycles. The first kappa shape index (κ1) is 14.8. The fraction of sp³-hybridized carbons (Fsp3) is 0.471. The number of rotatable bonds is 2. The molecule has 0 bridgehead atoms. The molecule has 1 aromatic carbocycles. The van der Waals surface area contributed by atoms with Crippen LogP contribution in [0.1, 0.15) is 42.9 Å². The van der Waals surface area contributed by atoms with Crippen LogP contribution in [0.25, 0.3) is 0 Å². The Bertz CT molecular complexity index is 730. The fourth-order valence-electron chi connectivity index (χ4n) is 3.37. The summed E-state index contributed by atoms with van der Waals surface area (Å²) in [7, 11) is 0. The molecule has 23 heavy (non-hydrogen) atoms. The molecule has 2 heterocycles. The maximum Gasteiger partial charge on any atom is 0.236 e. The van der Waals surface area contributed by atoms with E-state index < -0.39 is 0 Å². The summed E-state index contributed by atoms with van der Waals surface area (Å²) in [5.74, 6) is 1.78. The van der Waals surface area contributed by atoms with Gasteiger partial charge in [0.25, 0.3) is 0 Å². The van der Waals surface area contributed by atoms with Crippen molar-refractivity contribution < 1.29 is 4.79 Å². The van der Waals surface area contributed by atoms with Crippen LogP contribution in [0.2, 0.25) is 0 Å². The zero-order valence-corrected chi connectivity index (χ0v) is 14.1. The van der Waals surface area contributed by atoms with E-state index in [2.05, 4.69) is 39.7 Å². The number of carbonyl (C=O) groups excluding carboxylic acids is 1. The SMILES string of the molecule is CC1(C)SCC(c2ncnn2C2Cc3ccccc3C2)NC1=O. The highest BCUT2D eigenvalue weighted by Gasteiger charge is 2.38. The summed E-state index contributed by atoms with van der Waals surface area (Å²) in [5.41, 5.74) is 2.78. The molecule has 1 N–H and O–H groups in total. The van der Waals surface area contributed by atoms with Gasteiger partial charge >= 0.3 is 0 Å². The first-order valence-electron chi connectivity index (χ1n) is 7.96. The maximum absolute atomic E-state index is 12.2. The van der Waals surface area contributed by atoms with Gasteiger partial charge in [-0.25, -0.2) is 9.67 Å². The lowest BCUT2D eigenvalue weighted by Gasteiger charge is -2.33. The molecular weight excluding hydrogens is 308 g/mol. The molecule has 1 unspecified atom stereocenters. The Hall–Kier alpha value is -1.82. The molecule has 6 heteroatoms. The van der Waals surface area contributed by atoms with Gasteiger partial charge in [-0.2, -0.15) is 5.10 Å². The van der Waals surface area contributed by atoms with Crippen LogP contribution < -0.4 is 5.32 Å². The lowest BCUT2D eigenvalue weighted by Crippen LogP contribution is -2.48. The van der Waals surface area contributed by atoms with E-state index in [1.807, 2.05) is 18.5 Å². The molecule has 1 amide bonds. The fourth-order valence-corrected chi connectivity index (χ4v) is 4.37. The minimum absolute atomic E-state index is 0.0632. The Morgan fingerprint density at radius 3 is 2.61 bits per heavy atom. The Balaban J connectivity index is 1.57. The van der Waals surface area contributed by atoms with Crippen LogP contribution in [0.4, 0.5) is 0 Å². The van der Waals surface area contributed by atoms with Gasteiger partial charge in [-0.15, -0.1) is 11.8 Å². The first-order chi connectivity index (χ1) is 11.0. The van der Waals surface area contributed by atoms with Crippen molar-refractivity contribution in [2.75, 3.05) is 5.75 Å². The number of hydrogen-bond donors (Lipinski definition) is 1. The molecule has 120 valence electrons. The van der Waals surface area contributed by atoms with E-state index in [0.29, 0.717) is 6.04 Å². The lowest BCUT2D eigenvalue weighted by atomic mass is 10.1. The molecule has 0 saturated carbocycles. The summed E-state index contributed by atoms with van der Waals surface area (Å²) < 4.78 is 1.65. The third-order valence-electron chi connectivity index (χ3n) is 4.75. The number of aromatic nitrogens is 3. The summed E-state index contributed by atoms with van der Waals surface area (Å²) in [4.78, 5) is 16.7. The van der Waals surface area contributed by atoms with Crippen LogP contribution >= 0.6 is 11.8 Å². The summed E-state index contributed by atoms with van der Waals surface area (Å²) in [6.07, 6.45) is 3.56. The molecule has 2 aromatic rings. The van der Waals surface area contributed by atoms with Gasteiger partial charge in [-0.3, -0.25) is 4.79 Å². The second-order valence-electron chi connectivity index (χ2n) is 6.74. The minimum atomic E-state index is -0.370. The van der Waals surface area contributed by atoms with Crippen molar-refractivity contribution in [3.63, 3.8) is 0 Å². The Kier molecular flexibility index (Phi) is 3.44. The molecule has 0 radical (unpaired) electrons. The number of fused-ring (bicyclic) bond motifs is 1. The molecule has 1 aliphatic carbocycles. The maximum atomic E-state index is 12.2. The van der Waals surface area contributed by atoms with E-state index in [4.69, 9.17) is 0 Å². The first-order valence-corrected chi connectivity index (χ1v) is 8.94.